The Kier molecular flexibility index (Phi) is 5.04. The van der Waals surface area contributed by atoms with Crippen molar-refractivity contribution < 1.29 is 8.78 Å². The lowest BCUT2D eigenvalue weighted by atomic mass is 9.93. The molecule has 0 bridgehead atoms. The Morgan fingerprint density at radius 1 is 1.00 bits per heavy atom. The van der Waals surface area contributed by atoms with Crippen molar-refractivity contribution in [1.82, 2.24) is 5.43 Å². The highest BCUT2D eigenvalue weighted by Crippen LogP contribution is 2.17. The Labute approximate surface area is 124 Å². The first-order valence-electron chi connectivity index (χ1n) is 6.95. The van der Waals surface area contributed by atoms with E-state index >= 15 is 0 Å². The number of hydrogen-bond donors (Lipinski definition) is 2. The van der Waals surface area contributed by atoms with Crippen LogP contribution in [-0.2, 0) is 12.8 Å². The van der Waals surface area contributed by atoms with E-state index in [1.807, 2.05) is 6.07 Å². The van der Waals surface area contributed by atoms with Gasteiger partial charge in [-0.3, -0.25) is 11.3 Å². The van der Waals surface area contributed by atoms with Crippen LogP contribution >= 0.6 is 0 Å². The van der Waals surface area contributed by atoms with E-state index in [0.717, 1.165) is 6.07 Å². The summed E-state index contributed by atoms with van der Waals surface area (Å²) in [6, 6.07) is 9.61. The fourth-order valence-corrected chi connectivity index (χ4v) is 2.62. The van der Waals surface area contributed by atoms with E-state index in [4.69, 9.17) is 5.84 Å². The molecule has 0 heterocycles. The molecule has 0 fully saturated rings. The van der Waals surface area contributed by atoms with Crippen LogP contribution in [0.2, 0.25) is 0 Å². The number of hydrogen-bond acceptors (Lipinski definition) is 2. The summed E-state index contributed by atoms with van der Waals surface area (Å²) in [7, 11) is 0. The molecule has 112 valence electrons. The number of nitrogens with two attached hydrogens (primary N) is 1. The number of halogens is 2. The third kappa shape index (κ3) is 4.09. The first kappa shape index (κ1) is 15.6. The highest BCUT2D eigenvalue weighted by molar-refractivity contribution is 5.34. The molecule has 0 radical (unpaired) electrons. The Balaban J connectivity index is 2.17. The SMILES string of the molecule is Cc1cccc(C)c1CC(Cc1cc(F)cc(F)c1)NN. The summed E-state index contributed by atoms with van der Waals surface area (Å²) in [4.78, 5) is 0. The number of benzene rings is 2. The second-order valence-electron chi connectivity index (χ2n) is 5.42. The van der Waals surface area contributed by atoms with Gasteiger partial charge in [-0.2, -0.15) is 0 Å². The fraction of sp³-hybridized carbons (Fsp3) is 0.294. The summed E-state index contributed by atoms with van der Waals surface area (Å²) in [5.74, 6) is 4.48. The summed E-state index contributed by atoms with van der Waals surface area (Å²) >= 11 is 0. The first-order valence-corrected chi connectivity index (χ1v) is 6.95. The van der Waals surface area contributed by atoms with Crippen LogP contribution in [0.5, 0.6) is 0 Å². The smallest absolute Gasteiger partial charge is 0.126 e. The average Bonchev–Trinajstić information content (AvgIpc) is 2.40. The van der Waals surface area contributed by atoms with Crippen LogP contribution < -0.4 is 11.3 Å². The third-order valence-electron chi connectivity index (χ3n) is 3.74. The Bertz CT molecular complexity index is 586. The van der Waals surface area contributed by atoms with Crippen LogP contribution in [0.4, 0.5) is 8.78 Å². The summed E-state index contributed by atoms with van der Waals surface area (Å²) in [6.45, 7) is 4.11. The quantitative estimate of drug-likeness (QED) is 0.655. The van der Waals surface area contributed by atoms with Crippen LogP contribution in [0.25, 0.3) is 0 Å². The van der Waals surface area contributed by atoms with E-state index in [2.05, 4.69) is 31.4 Å². The molecule has 2 aromatic carbocycles. The Morgan fingerprint density at radius 3 is 2.10 bits per heavy atom. The normalized spacial score (nSPS) is 12.4. The fourth-order valence-electron chi connectivity index (χ4n) is 2.62. The molecule has 0 aromatic heterocycles. The molecule has 0 aliphatic carbocycles. The van der Waals surface area contributed by atoms with E-state index in [1.165, 1.54) is 28.8 Å². The molecule has 0 saturated heterocycles. The molecule has 2 nitrogen and oxygen atoms in total. The van der Waals surface area contributed by atoms with E-state index in [-0.39, 0.29) is 6.04 Å². The van der Waals surface area contributed by atoms with Gasteiger partial charge in [-0.25, -0.2) is 8.78 Å². The van der Waals surface area contributed by atoms with Crippen molar-refractivity contribution >= 4 is 0 Å². The van der Waals surface area contributed by atoms with Gasteiger partial charge < -0.3 is 0 Å². The Morgan fingerprint density at radius 2 is 1.57 bits per heavy atom. The van der Waals surface area contributed by atoms with Crippen LogP contribution in [0, 0.1) is 25.5 Å². The van der Waals surface area contributed by atoms with Crippen LogP contribution in [0.15, 0.2) is 36.4 Å². The van der Waals surface area contributed by atoms with Gasteiger partial charge >= 0.3 is 0 Å². The number of nitrogens with one attached hydrogen (secondary N) is 1. The topological polar surface area (TPSA) is 38.0 Å². The minimum Gasteiger partial charge on any atom is -0.271 e. The minimum absolute atomic E-state index is 0.0778. The van der Waals surface area contributed by atoms with Gasteiger partial charge in [0.15, 0.2) is 0 Å². The van der Waals surface area contributed by atoms with Crippen molar-refractivity contribution in [3.8, 4) is 0 Å². The van der Waals surface area contributed by atoms with Gasteiger partial charge in [-0.15, -0.1) is 0 Å². The molecule has 3 N–H and O–H groups in total. The van der Waals surface area contributed by atoms with Gasteiger partial charge in [0, 0.05) is 12.1 Å². The highest BCUT2D eigenvalue weighted by Gasteiger charge is 2.13. The lowest BCUT2D eigenvalue weighted by Gasteiger charge is -2.19. The third-order valence-corrected chi connectivity index (χ3v) is 3.74. The zero-order chi connectivity index (χ0) is 15.4. The maximum absolute atomic E-state index is 13.2. The van der Waals surface area contributed by atoms with Crippen molar-refractivity contribution in [3.05, 3.63) is 70.3 Å². The molecule has 0 saturated carbocycles. The number of hydrazine groups is 1. The summed E-state index contributed by atoms with van der Waals surface area (Å²) < 4.78 is 26.5. The summed E-state index contributed by atoms with van der Waals surface area (Å²) in [6.07, 6.45) is 1.19. The maximum atomic E-state index is 13.2. The van der Waals surface area contributed by atoms with Crippen LogP contribution in [0.1, 0.15) is 22.3 Å². The molecule has 0 amide bonds. The maximum Gasteiger partial charge on any atom is 0.126 e. The molecule has 1 atom stereocenters. The zero-order valence-corrected chi connectivity index (χ0v) is 12.3. The van der Waals surface area contributed by atoms with Gasteiger partial charge in [0.2, 0.25) is 0 Å². The van der Waals surface area contributed by atoms with Gasteiger partial charge in [0.05, 0.1) is 0 Å². The van der Waals surface area contributed by atoms with Crippen molar-refractivity contribution in [1.29, 1.82) is 0 Å². The molecular weight excluding hydrogens is 270 g/mol. The second-order valence-corrected chi connectivity index (χ2v) is 5.42. The van der Waals surface area contributed by atoms with E-state index in [1.54, 1.807) is 0 Å². The number of aryl methyl sites for hydroxylation is 2. The van der Waals surface area contributed by atoms with E-state index in [0.29, 0.717) is 18.4 Å². The highest BCUT2D eigenvalue weighted by atomic mass is 19.1. The molecule has 2 aromatic rings. The molecule has 21 heavy (non-hydrogen) atoms. The largest absolute Gasteiger partial charge is 0.271 e. The van der Waals surface area contributed by atoms with Gasteiger partial charge in [-0.05, 0) is 61.1 Å². The monoisotopic (exact) mass is 290 g/mol. The molecule has 0 aliphatic rings. The van der Waals surface area contributed by atoms with Gasteiger partial charge in [-0.1, -0.05) is 18.2 Å². The van der Waals surface area contributed by atoms with E-state index < -0.39 is 11.6 Å². The van der Waals surface area contributed by atoms with Crippen molar-refractivity contribution in [2.45, 2.75) is 32.7 Å². The van der Waals surface area contributed by atoms with Crippen molar-refractivity contribution in [3.63, 3.8) is 0 Å². The van der Waals surface area contributed by atoms with Crippen molar-refractivity contribution in [2.24, 2.45) is 5.84 Å². The molecule has 1 unspecified atom stereocenters. The number of rotatable bonds is 5. The zero-order valence-electron chi connectivity index (χ0n) is 12.3. The van der Waals surface area contributed by atoms with Gasteiger partial charge in [0.1, 0.15) is 11.6 Å². The molecule has 2 rings (SSSR count). The van der Waals surface area contributed by atoms with Crippen LogP contribution in [-0.4, -0.2) is 6.04 Å². The molecule has 0 spiro atoms. The predicted molar refractivity (Wildman–Crippen MR) is 80.8 cm³/mol. The molecule has 0 aliphatic heterocycles. The predicted octanol–water partition coefficient (Wildman–Crippen LogP) is 3.20. The lowest BCUT2D eigenvalue weighted by Crippen LogP contribution is -2.38. The van der Waals surface area contributed by atoms with Crippen molar-refractivity contribution in [2.75, 3.05) is 0 Å². The van der Waals surface area contributed by atoms with Crippen LogP contribution in [0.3, 0.4) is 0 Å². The second kappa shape index (κ2) is 6.78. The van der Waals surface area contributed by atoms with E-state index in [9.17, 15) is 8.78 Å². The summed E-state index contributed by atoms with van der Waals surface area (Å²) in [5, 5.41) is 0. The standard InChI is InChI=1S/C17H20F2N2/c1-11-4-3-5-12(2)17(11)10-16(21-20)8-13-6-14(18)9-15(19)7-13/h3-7,9,16,21H,8,10,20H2,1-2H3. The first-order chi connectivity index (χ1) is 9.99. The molecule has 4 heteroatoms. The minimum atomic E-state index is -0.562. The lowest BCUT2D eigenvalue weighted by molar-refractivity contribution is 0.514. The molecular formula is C17H20F2N2. The average molecular weight is 290 g/mol. The Hall–Kier alpha value is -1.78. The summed E-state index contributed by atoms with van der Waals surface area (Å²) in [5.41, 5.74) is 6.96. The van der Waals surface area contributed by atoms with Gasteiger partial charge in [0.25, 0.3) is 0 Å².